The Balaban J connectivity index is 2.01. The van der Waals surface area contributed by atoms with Gasteiger partial charge in [0.25, 0.3) is 0 Å². The Kier molecular flexibility index (Phi) is 4.95. The maximum Gasteiger partial charge on any atom is 0.177 e. The molecule has 3 nitrogen and oxygen atoms in total. The van der Waals surface area contributed by atoms with Crippen LogP contribution in [-0.2, 0) is 4.74 Å². The van der Waals surface area contributed by atoms with Gasteiger partial charge in [0, 0.05) is 25.8 Å². The standard InChI is InChI=1S/C17H25NO2/c1-12-9-14(3)16(10-13(12)2)17(19)11-18-7-5-15(20-4)6-8-18/h9-10,15H,5-8,11H2,1-4H3. The zero-order valence-corrected chi connectivity index (χ0v) is 13.0. The van der Waals surface area contributed by atoms with E-state index in [2.05, 4.69) is 24.8 Å². The molecule has 1 aliphatic heterocycles. The molecule has 0 bridgehead atoms. The van der Waals surface area contributed by atoms with Crippen molar-refractivity contribution >= 4 is 5.78 Å². The van der Waals surface area contributed by atoms with E-state index >= 15 is 0 Å². The van der Waals surface area contributed by atoms with Crippen molar-refractivity contribution in [3.05, 3.63) is 34.4 Å². The van der Waals surface area contributed by atoms with Crippen molar-refractivity contribution in [1.29, 1.82) is 0 Å². The van der Waals surface area contributed by atoms with Crippen LogP contribution >= 0.6 is 0 Å². The number of Topliss-reactive ketones (excluding diaryl/α,β-unsaturated/α-hetero) is 1. The van der Waals surface area contributed by atoms with Gasteiger partial charge in [-0.15, -0.1) is 0 Å². The molecule has 1 heterocycles. The Labute approximate surface area is 121 Å². The van der Waals surface area contributed by atoms with Crippen LogP contribution in [-0.4, -0.2) is 43.5 Å². The lowest BCUT2D eigenvalue weighted by atomic mass is 9.97. The third-order valence-corrected chi connectivity index (χ3v) is 4.38. The summed E-state index contributed by atoms with van der Waals surface area (Å²) in [4.78, 5) is 14.7. The quantitative estimate of drug-likeness (QED) is 0.791. The molecule has 0 amide bonds. The molecule has 1 saturated heterocycles. The van der Waals surface area contributed by atoms with Gasteiger partial charge in [0.2, 0.25) is 0 Å². The molecule has 1 fully saturated rings. The Morgan fingerprint density at radius 2 is 1.75 bits per heavy atom. The number of rotatable bonds is 4. The molecule has 1 aliphatic rings. The zero-order valence-electron chi connectivity index (χ0n) is 13.0. The maximum absolute atomic E-state index is 12.5. The summed E-state index contributed by atoms with van der Waals surface area (Å²) in [5.41, 5.74) is 4.41. The van der Waals surface area contributed by atoms with Crippen LogP contribution < -0.4 is 0 Å². The minimum Gasteiger partial charge on any atom is -0.381 e. The lowest BCUT2D eigenvalue weighted by molar-refractivity contribution is 0.0401. The van der Waals surface area contributed by atoms with Crippen LogP contribution in [0.15, 0.2) is 12.1 Å². The molecular formula is C17H25NO2. The predicted molar refractivity (Wildman–Crippen MR) is 81.5 cm³/mol. The van der Waals surface area contributed by atoms with E-state index in [0.29, 0.717) is 12.6 Å². The van der Waals surface area contributed by atoms with E-state index in [4.69, 9.17) is 4.74 Å². The SMILES string of the molecule is COC1CCN(CC(=O)c2cc(C)c(C)cc2C)CC1. The summed E-state index contributed by atoms with van der Waals surface area (Å²) in [5, 5.41) is 0. The molecule has 3 heteroatoms. The van der Waals surface area contributed by atoms with Crippen molar-refractivity contribution in [3.8, 4) is 0 Å². The first-order chi connectivity index (χ1) is 9.51. The van der Waals surface area contributed by atoms with E-state index in [-0.39, 0.29) is 5.78 Å². The van der Waals surface area contributed by atoms with Crippen LogP contribution in [0.25, 0.3) is 0 Å². The third-order valence-electron chi connectivity index (χ3n) is 4.38. The van der Waals surface area contributed by atoms with Crippen LogP contribution in [0.1, 0.15) is 39.9 Å². The topological polar surface area (TPSA) is 29.5 Å². The first-order valence-corrected chi connectivity index (χ1v) is 7.37. The number of carbonyl (C=O) groups excluding carboxylic acids is 1. The second kappa shape index (κ2) is 6.51. The molecule has 0 unspecified atom stereocenters. The van der Waals surface area contributed by atoms with Crippen molar-refractivity contribution in [2.24, 2.45) is 0 Å². The molecule has 0 atom stereocenters. The normalized spacial score (nSPS) is 17.4. The van der Waals surface area contributed by atoms with Gasteiger partial charge in [-0.1, -0.05) is 6.07 Å². The molecule has 0 aromatic heterocycles. The monoisotopic (exact) mass is 275 g/mol. The molecule has 110 valence electrons. The summed E-state index contributed by atoms with van der Waals surface area (Å²) in [7, 11) is 1.77. The molecule has 0 spiro atoms. The number of ether oxygens (including phenoxy) is 1. The van der Waals surface area contributed by atoms with Gasteiger partial charge in [-0.2, -0.15) is 0 Å². The Hall–Kier alpha value is -1.19. The van der Waals surface area contributed by atoms with E-state index < -0.39 is 0 Å². The fourth-order valence-electron chi connectivity index (χ4n) is 2.85. The van der Waals surface area contributed by atoms with Gasteiger partial charge in [-0.3, -0.25) is 9.69 Å². The predicted octanol–water partition coefficient (Wildman–Crippen LogP) is 2.91. The van der Waals surface area contributed by atoms with Gasteiger partial charge in [0.05, 0.1) is 12.6 Å². The number of hydrogen-bond donors (Lipinski definition) is 0. The third kappa shape index (κ3) is 3.47. The maximum atomic E-state index is 12.5. The van der Waals surface area contributed by atoms with Crippen molar-refractivity contribution < 1.29 is 9.53 Å². The second-order valence-corrected chi connectivity index (χ2v) is 5.89. The van der Waals surface area contributed by atoms with Gasteiger partial charge in [-0.25, -0.2) is 0 Å². The summed E-state index contributed by atoms with van der Waals surface area (Å²) < 4.78 is 5.37. The second-order valence-electron chi connectivity index (χ2n) is 5.89. The fraction of sp³-hybridized carbons (Fsp3) is 0.588. The first kappa shape index (κ1) is 15.2. The summed E-state index contributed by atoms with van der Waals surface area (Å²) in [5.74, 6) is 0.237. The van der Waals surface area contributed by atoms with Gasteiger partial charge < -0.3 is 4.74 Å². The van der Waals surface area contributed by atoms with Crippen LogP contribution in [0, 0.1) is 20.8 Å². The zero-order chi connectivity index (χ0) is 14.7. The molecular weight excluding hydrogens is 250 g/mol. The van der Waals surface area contributed by atoms with E-state index in [9.17, 15) is 4.79 Å². The molecule has 0 aliphatic carbocycles. The van der Waals surface area contributed by atoms with Crippen molar-refractivity contribution in [2.75, 3.05) is 26.7 Å². The van der Waals surface area contributed by atoms with Crippen molar-refractivity contribution in [3.63, 3.8) is 0 Å². The average molecular weight is 275 g/mol. The van der Waals surface area contributed by atoms with Crippen LogP contribution in [0.2, 0.25) is 0 Å². The molecule has 0 saturated carbocycles. The molecule has 0 N–H and O–H groups in total. The number of ketones is 1. The molecule has 1 aromatic rings. The lowest BCUT2D eigenvalue weighted by Gasteiger charge is -2.30. The van der Waals surface area contributed by atoms with Gasteiger partial charge in [0.15, 0.2) is 5.78 Å². The van der Waals surface area contributed by atoms with E-state index in [1.807, 2.05) is 13.0 Å². The molecule has 2 rings (SSSR count). The number of methoxy groups -OCH3 is 1. The summed E-state index contributed by atoms with van der Waals surface area (Å²) in [6.07, 6.45) is 2.41. The minimum absolute atomic E-state index is 0.237. The van der Waals surface area contributed by atoms with Crippen LogP contribution in [0.3, 0.4) is 0 Å². The van der Waals surface area contributed by atoms with Crippen LogP contribution in [0.5, 0.6) is 0 Å². The highest BCUT2D eigenvalue weighted by molar-refractivity contribution is 5.99. The Morgan fingerprint density at radius 1 is 1.15 bits per heavy atom. The molecule has 0 radical (unpaired) electrons. The highest BCUT2D eigenvalue weighted by Gasteiger charge is 2.21. The molecule has 20 heavy (non-hydrogen) atoms. The van der Waals surface area contributed by atoms with E-state index in [0.717, 1.165) is 37.1 Å². The largest absolute Gasteiger partial charge is 0.381 e. The first-order valence-electron chi connectivity index (χ1n) is 7.37. The van der Waals surface area contributed by atoms with Crippen molar-refractivity contribution in [1.82, 2.24) is 4.90 Å². The number of nitrogens with zero attached hydrogens (tertiary/aromatic N) is 1. The Morgan fingerprint density at radius 3 is 2.35 bits per heavy atom. The summed E-state index contributed by atoms with van der Waals surface area (Å²) in [6.45, 7) is 8.61. The minimum atomic E-state index is 0.237. The van der Waals surface area contributed by atoms with Gasteiger partial charge in [-0.05, 0) is 56.4 Å². The van der Waals surface area contributed by atoms with Crippen molar-refractivity contribution in [2.45, 2.75) is 39.7 Å². The number of benzene rings is 1. The van der Waals surface area contributed by atoms with Gasteiger partial charge in [0.1, 0.15) is 0 Å². The highest BCUT2D eigenvalue weighted by atomic mass is 16.5. The van der Waals surface area contributed by atoms with Crippen LogP contribution in [0.4, 0.5) is 0 Å². The summed E-state index contributed by atoms with van der Waals surface area (Å²) >= 11 is 0. The van der Waals surface area contributed by atoms with E-state index in [1.165, 1.54) is 11.1 Å². The van der Waals surface area contributed by atoms with Gasteiger partial charge >= 0.3 is 0 Å². The lowest BCUT2D eigenvalue weighted by Crippen LogP contribution is -2.39. The van der Waals surface area contributed by atoms with E-state index in [1.54, 1.807) is 7.11 Å². The fourth-order valence-corrected chi connectivity index (χ4v) is 2.85. The number of hydrogen-bond acceptors (Lipinski definition) is 3. The summed E-state index contributed by atoms with van der Waals surface area (Å²) in [6, 6.07) is 4.15. The smallest absolute Gasteiger partial charge is 0.177 e. The molecule has 1 aromatic carbocycles. The highest BCUT2D eigenvalue weighted by Crippen LogP contribution is 2.18. The number of piperidine rings is 1. The number of likely N-dealkylation sites (tertiary alicyclic amines) is 1. The number of carbonyl (C=O) groups is 1. The number of aryl methyl sites for hydroxylation is 3. The average Bonchev–Trinajstić information content (AvgIpc) is 2.43. The Bertz CT molecular complexity index is 488.